The third-order valence-corrected chi connectivity index (χ3v) is 4.68. The van der Waals surface area contributed by atoms with Gasteiger partial charge in [-0.15, -0.1) is 0 Å². The lowest BCUT2D eigenvalue weighted by molar-refractivity contribution is -0.140. The van der Waals surface area contributed by atoms with E-state index in [-0.39, 0.29) is 16.4 Å². The number of hydrogen-bond acceptors (Lipinski definition) is 5. The number of rotatable bonds is 7. The number of hydrogen-bond donors (Lipinski definition) is 3. The molecule has 0 radical (unpaired) electrons. The predicted molar refractivity (Wildman–Crippen MR) is 81.4 cm³/mol. The number of amides is 2. The molecule has 8 nitrogen and oxygen atoms in total. The van der Waals surface area contributed by atoms with Gasteiger partial charge in [0.1, 0.15) is 11.8 Å². The van der Waals surface area contributed by atoms with Crippen molar-refractivity contribution in [2.24, 2.45) is 11.7 Å². The van der Waals surface area contributed by atoms with Crippen molar-refractivity contribution in [2.45, 2.75) is 24.8 Å². The van der Waals surface area contributed by atoms with E-state index in [0.717, 1.165) is 0 Å². The topological polar surface area (TPSA) is 144 Å². The van der Waals surface area contributed by atoms with E-state index in [9.17, 15) is 22.8 Å². The highest BCUT2D eigenvalue weighted by atomic mass is 32.2. The molecule has 126 valence electrons. The minimum atomic E-state index is -3.85. The van der Waals surface area contributed by atoms with E-state index in [1.54, 1.807) is 13.8 Å². The van der Waals surface area contributed by atoms with Crippen LogP contribution in [-0.4, -0.2) is 43.1 Å². The Morgan fingerprint density at radius 3 is 2.09 bits per heavy atom. The van der Waals surface area contributed by atoms with Crippen LogP contribution in [0.15, 0.2) is 29.2 Å². The van der Waals surface area contributed by atoms with Crippen molar-refractivity contribution in [1.82, 2.24) is 5.32 Å². The lowest BCUT2D eigenvalue weighted by atomic mass is 10.0. The van der Waals surface area contributed by atoms with Crippen LogP contribution >= 0.6 is 0 Å². The van der Waals surface area contributed by atoms with Gasteiger partial charge in [0.2, 0.25) is 5.91 Å². The Morgan fingerprint density at radius 2 is 1.70 bits per heavy atom. The molecular weight excluding hydrogens is 324 g/mol. The van der Waals surface area contributed by atoms with Crippen molar-refractivity contribution < 1.29 is 27.9 Å². The average Bonchev–Trinajstić information content (AvgIpc) is 2.42. The van der Waals surface area contributed by atoms with Gasteiger partial charge in [-0.1, -0.05) is 13.8 Å². The Labute approximate surface area is 133 Å². The molecular formula is C14H18N2O6S. The first-order valence-corrected chi connectivity index (χ1v) is 8.34. The van der Waals surface area contributed by atoms with Crippen LogP contribution in [0, 0.1) is 5.92 Å². The first-order chi connectivity index (χ1) is 10.5. The van der Waals surface area contributed by atoms with Crippen molar-refractivity contribution in [3.8, 4) is 0 Å². The summed E-state index contributed by atoms with van der Waals surface area (Å²) in [6.45, 7) is 3.30. The summed E-state index contributed by atoms with van der Waals surface area (Å²) in [5.74, 6) is -3.91. The van der Waals surface area contributed by atoms with Crippen LogP contribution in [-0.2, 0) is 19.4 Å². The molecule has 0 fully saturated rings. The first kappa shape index (κ1) is 18.6. The van der Waals surface area contributed by atoms with E-state index in [1.165, 1.54) is 24.3 Å². The van der Waals surface area contributed by atoms with Gasteiger partial charge < -0.3 is 16.2 Å². The van der Waals surface area contributed by atoms with E-state index in [4.69, 9.17) is 10.8 Å². The Kier molecular flexibility index (Phi) is 5.85. The van der Waals surface area contributed by atoms with E-state index in [2.05, 4.69) is 5.32 Å². The number of carboxylic acids is 1. The molecule has 1 aromatic rings. The molecule has 0 aliphatic heterocycles. The minimum Gasteiger partial charge on any atom is -0.480 e. The van der Waals surface area contributed by atoms with Crippen LogP contribution in [0.2, 0.25) is 0 Å². The molecule has 1 aromatic carbocycles. The van der Waals surface area contributed by atoms with Crippen molar-refractivity contribution in [1.29, 1.82) is 0 Å². The summed E-state index contributed by atoms with van der Waals surface area (Å²) in [6.07, 6.45) is 0. The Bertz CT molecular complexity index is 709. The molecule has 2 amide bonds. The van der Waals surface area contributed by atoms with Gasteiger partial charge in [-0.05, 0) is 30.2 Å². The summed E-state index contributed by atoms with van der Waals surface area (Å²) in [5, 5.41) is 11.4. The van der Waals surface area contributed by atoms with Crippen LogP contribution in [0.1, 0.15) is 24.2 Å². The van der Waals surface area contributed by atoms with Gasteiger partial charge in [0.25, 0.3) is 5.91 Å². The van der Waals surface area contributed by atoms with Gasteiger partial charge in [-0.3, -0.25) is 9.59 Å². The van der Waals surface area contributed by atoms with Crippen molar-refractivity contribution in [3.63, 3.8) is 0 Å². The molecule has 1 atom stereocenters. The second kappa shape index (κ2) is 7.23. The standard InChI is InChI=1S/C14H18N2O6S/c1-8(2)12(14(19)20)16-13(18)9-3-5-10(6-4-9)23(21,22)7-11(15)17/h3-6,8,12H,7H2,1-2H3,(H2,15,17)(H,16,18)(H,19,20)/t12-/m0/s1. The summed E-state index contributed by atoms with van der Waals surface area (Å²) < 4.78 is 23.6. The maximum absolute atomic E-state index is 12.0. The normalized spacial score (nSPS) is 12.7. The lowest BCUT2D eigenvalue weighted by Crippen LogP contribution is -2.44. The zero-order chi connectivity index (χ0) is 17.8. The zero-order valence-corrected chi connectivity index (χ0v) is 13.5. The molecule has 0 bridgehead atoms. The molecule has 0 saturated carbocycles. The fourth-order valence-electron chi connectivity index (χ4n) is 1.82. The number of carbonyl (C=O) groups excluding carboxylic acids is 2. The number of benzene rings is 1. The smallest absolute Gasteiger partial charge is 0.326 e. The summed E-state index contributed by atoms with van der Waals surface area (Å²) in [6, 6.07) is 3.75. The molecule has 0 aliphatic rings. The van der Waals surface area contributed by atoms with Crippen LogP contribution in [0.4, 0.5) is 0 Å². The number of sulfone groups is 1. The quantitative estimate of drug-likeness (QED) is 0.625. The van der Waals surface area contributed by atoms with Crippen molar-refractivity contribution >= 4 is 27.6 Å². The maximum atomic E-state index is 12.0. The number of carbonyl (C=O) groups is 3. The molecule has 0 saturated heterocycles. The third-order valence-electron chi connectivity index (χ3n) is 3.03. The highest BCUT2D eigenvalue weighted by molar-refractivity contribution is 7.92. The van der Waals surface area contributed by atoms with Gasteiger partial charge in [0.15, 0.2) is 9.84 Å². The molecule has 0 unspecified atom stereocenters. The second-order valence-electron chi connectivity index (χ2n) is 5.28. The van der Waals surface area contributed by atoms with E-state index in [0.29, 0.717) is 0 Å². The van der Waals surface area contributed by atoms with Gasteiger partial charge in [-0.2, -0.15) is 0 Å². The number of nitrogens with two attached hydrogens (primary N) is 1. The molecule has 9 heteroatoms. The molecule has 0 aliphatic carbocycles. The highest BCUT2D eigenvalue weighted by Gasteiger charge is 2.24. The molecule has 0 spiro atoms. The second-order valence-corrected chi connectivity index (χ2v) is 7.27. The fourth-order valence-corrected chi connectivity index (χ4v) is 2.91. The summed E-state index contributed by atoms with van der Waals surface area (Å²) in [5.41, 5.74) is 4.97. The first-order valence-electron chi connectivity index (χ1n) is 6.69. The molecule has 0 heterocycles. The van der Waals surface area contributed by atoms with Crippen LogP contribution in [0.5, 0.6) is 0 Å². The van der Waals surface area contributed by atoms with Crippen molar-refractivity contribution in [3.05, 3.63) is 29.8 Å². The van der Waals surface area contributed by atoms with Gasteiger partial charge in [-0.25, -0.2) is 13.2 Å². The lowest BCUT2D eigenvalue weighted by Gasteiger charge is -2.17. The van der Waals surface area contributed by atoms with Gasteiger partial charge in [0, 0.05) is 5.56 Å². The van der Waals surface area contributed by atoms with E-state index < -0.39 is 39.4 Å². The average molecular weight is 342 g/mol. The monoisotopic (exact) mass is 342 g/mol. The van der Waals surface area contributed by atoms with E-state index in [1.807, 2.05) is 0 Å². The molecule has 4 N–H and O–H groups in total. The SMILES string of the molecule is CC(C)[C@H](NC(=O)c1ccc(S(=O)(=O)CC(N)=O)cc1)C(=O)O. The number of primary amides is 1. The largest absolute Gasteiger partial charge is 0.480 e. The van der Waals surface area contributed by atoms with Crippen LogP contribution in [0.3, 0.4) is 0 Å². The minimum absolute atomic E-state index is 0.106. The summed E-state index contributed by atoms with van der Waals surface area (Å²) in [7, 11) is -3.85. The fraction of sp³-hybridized carbons (Fsp3) is 0.357. The highest BCUT2D eigenvalue weighted by Crippen LogP contribution is 2.13. The number of aliphatic carboxylic acids is 1. The predicted octanol–water partition coefficient (Wildman–Crippen LogP) is -0.215. The molecule has 23 heavy (non-hydrogen) atoms. The Balaban J connectivity index is 2.94. The summed E-state index contributed by atoms with van der Waals surface area (Å²) in [4.78, 5) is 33.7. The molecule has 1 rings (SSSR count). The van der Waals surface area contributed by atoms with Crippen LogP contribution < -0.4 is 11.1 Å². The number of nitrogens with one attached hydrogen (secondary N) is 1. The zero-order valence-electron chi connectivity index (χ0n) is 12.6. The Hall–Kier alpha value is -2.42. The van der Waals surface area contributed by atoms with E-state index >= 15 is 0 Å². The number of carboxylic acid groups (broad SMARTS) is 1. The maximum Gasteiger partial charge on any atom is 0.326 e. The Morgan fingerprint density at radius 1 is 1.17 bits per heavy atom. The van der Waals surface area contributed by atoms with Crippen molar-refractivity contribution in [2.75, 3.05) is 5.75 Å². The summed E-state index contributed by atoms with van der Waals surface area (Å²) >= 11 is 0. The molecule has 0 aromatic heterocycles. The van der Waals surface area contributed by atoms with Gasteiger partial charge >= 0.3 is 5.97 Å². The van der Waals surface area contributed by atoms with Crippen LogP contribution in [0.25, 0.3) is 0 Å². The van der Waals surface area contributed by atoms with Gasteiger partial charge in [0.05, 0.1) is 4.90 Å². The third kappa shape index (κ3) is 5.06.